The summed E-state index contributed by atoms with van der Waals surface area (Å²) >= 11 is 0. The van der Waals surface area contributed by atoms with Gasteiger partial charge in [-0.15, -0.1) is 0 Å². The van der Waals surface area contributed by atoms with E-state index in [1.165, 1.54) is 11.1 Å². The summed E-state index contributed by atoms with van der Waals surface area (Å²) in [7, 11) is 0. The fourth-order valence-corrected chi connectivity index (χ4v) is 3.98. The monoisotopic (exact) mass is 490 g/mol. The molecule has 0 saturated carbocycles. The van der Waals surface area contributed by atoms with Gasteiger partial charge in [-0.1, -0.05) is 49.4 Å². The second-order valence-corrected chi connectivity index (χ2v) is 9.23. The van der Waals surface area contributed by atoms with Gasteiger partial charge in [-0.3, -0.25) is 0 Å². The van der Waals surface area contributed by atoms with Crippen molar-refractivity contribution in [2.75, 3.05) is 26.4 Å². The highest BCUT2D eigenvalue weighted by Gasteiger charge is 2.24. The molecule has 6 nitrogen and oxygen atoms in total. The van der Waals surface area contributed by atoms with Gasteiger partial charge in [0.1, 0.15) is 23.7 Å². The van der Waals surface area contributed by atoms with Crippen LogP contribution in [0.1, 0.15) is 26.3 Å². The summed E-state index contributed by atoms with van der Waals surface area (Å²) in [4.78, 5) is 0. The molecule has 0 amide bonds. The lowest BCUT2D eigenvalue weighted by atomic mass is 9.98. The molecule has 190 valence electrons. The Labute approximate surface area is 213 Å². The lowest BCUT2D eigenvalue weighted by Gasteiger charge is -2.18. The Balaban J connectivity index is 1.20. The number of ether oxygens (including phenoxy) is 6. The van der Waals surface area contributed by atoms with E-state index in [1.807, 2.05) is 32.0 Å². The molecule has 0 aromatic heterocycles. The molecule has 4 unspecified atom stereocenters. The maximum atomic E-state index is 6.04. The molecule has 6 heteroatoms. The van der Waals surface area contributed by atoms with E-state index in [0.29, 0.717) is 13.2 Å². The maximum Gasteiger partial charge on any atom is 0.197 e. The zero-order chi connectivity index (χ0) is 24.9. The molecule has 0 spiro atoms. The van der Waals surface area contributed by atoms with Gasteiger partial charge in [0, 0.05) is 0 Å². The van der Waals surface area contributed by atoms with Gasteiger partial charge in [0.05, 0.1) is 26.4 Å². The predicted octanol–water partition coefficient (Wildman–Crippen LogP) is 5.86. The van der Waals surface area contributed by atoms with Gasteiger partial charge in [-0.05, 0) is 72.4 Å². The Morgan fingerprint density at radius 1 is 0.694 bits per heavy atom. The van der Waals surface area contributed by atoms with Crippen molar-refractivity contribution in [3.05, 3.63) is 72.3 Å². The smallest absolute Gasteiger partial charge is 0.197 e. The maximum absolute atomic E-state index is 6.04. The van der Waals surface area contributed by atoms with Crippen LogP contribution in [-0.4, -0.2) is 51.2 Å². The molecule has 3 aromatic rings. The molecule has 0 bridgehead atoms. The standard InChI is InChI=1S/C30H34O6/c1-4-22-15-26(11-14-30(22)36-21(3)32-17-29-19-34-29)25-7-5-23(6-8-25)24-9-12-27(13-10-24)35-20(2)31-16-28-18-33-28/h5-15,20-21,28-29H,4,16-19H2,1-3H3. The lowest BCUT2D eigenvalue weighted by Crippen LogP contribution is -2.19. The van der Waals surface area contributed by atoms with Crippen molar-refractivity contribution in [3.63, 3.8) is 0 Å². The van der Waals surface area contributed by atoms with Crippen LogP contribution in [-0.2, 0) is 25.4 Å². The van der Waals surface area contributed by atoms with E-state index in [9.17, 15) is 0 Å². The first-order valence-electron chi connectivity index (χ1n) is 12.7. The third-order valence-electron chi connectivity index (χ3n) is 6.28. The molecule has 5 rings (SSSR count). The molecular weight excluding hydrogens is 456 g/mol. The quantitative estimate of drug-likeness (QED) is 0.221. The molecule has 2 fully saturated rings. The van der Waals surface area contributed by atoms with E-state index in [0.717, 1.165) is 47.8 Å². The summed E-state index contributed by atoms with van der Waals surface area (Å²) in [5.41, 5.74) is 5.79. The third-order valence-corrected chi connectivity index (χ3v) is 6.28. The predicted molar refractivity (Wildman–Crippen MR) is 138 cm³/mol. The Kier molecular flexibility index (Phi) is 7.87. The van der Waals surface area contributed by atoms with E-state index in [1.54, 1.807) is 0 Å². The number of epoxide rings is 2. The van der Waals surface area contributed by atoms with E-state index < -0.39 is 0 Å². The average molecular weight is 491 g/mol. The number of hydrogen-bond donors (Lipinski definition) is 0. The first-order chi connectivity index (χ1) is 17.6. The summed E-state index contributed by atoms with van der Waals surface area (Å²) in [6.45, 7) is 8.68. The van der Waals surface area contributed by atoms with Crippen molar-refractivity contribution in [1.29, 1.82) is 0 Å². The van der Waals surface area contributed by atoms with Gasteiger partial charge in [0.15, 0.2) is 12.6 Å². The fourth-order valence-electron chi connectivity index (χ4n) is 3.98. The van der Waals surface area contributed by atoms with Gasteiger partial charge in [-0.2, -0.15) is 0 Å². The van der Waals surface area contributed by atoms with Crippen molar-refractivity contribution in [2.24, 2.45) is 0 Å². The zero-order valence-electron chi connectivity index (χ0n) is 21.1. The Hall–Kier alpha value is -2.90. The van der Waals surface area contributed by atoms with E-state index in [-0.39, 0.29) is 24.8 Å². The van der Waals surface area contributed by atoms with Gasteiger partial charge in [0.25, 0.3) is 0 Å². The average Bonchev–Trinajstić information content (AvgIpc) is 3.82. The second kappa shape index (κ2) is 11.4. The minimum atomic E-state index is -0.311. The van der Waals surface area contributed by atoms with Crippen molar-refractivity contribution in [3.8, 4) is 33.8 Å². The van der Waals surface area contributed by atoms with Gasteiger partial charge < -0.3 is 28.4 Å². The van der Waals surface area contributed by atoms with Gasteiger partial charge >= 0.3 is 0 Å². The minimum absolute atomic E-state index is 0.231. The molecule has 0 aliphatic carbocycles. The first kappa shape index (κ1) is 24.8. The van der Waals surface area contributed by atoms with Crippen molar-refractivity contribution in [1.82, 2.24) is 0 Å². The Bertz CT molecular complexity index is 1120. The molecule has 0 N–H and O–H groups in total. The van der Waals surface area contributed by atoms with E-state index >= 15 is 0 Å². The summed E-state index contributed by atoms with van der Waals surface area (Å²) in [5.74, 6) is 1.65. The molecule has 4 atom stereocenters. The summed E-state index contributed by atoms with van der Waals surface area (Å²) in [6.07, 6.45) is 0.726. The lowest BCUT2D eigenvalue weighted by molar-refractivity contribution is -0.0714. The van der Waals surface area contributed by atoms with Crippen LogP contribution >= 0.6 is 0 Å². The van der Waals surface area contributed by atoms with Gasteiger partial charge in [0.2, 0.25) is 0 Å². The number of hydrogen-bond acceptors (Lipinski definition) is 6. The van der Waals surface area contributed by atoms with Crippen LogP contribution in [0.5, 0.6) is 11.5 Å². The SMILES string of the molecule is CCc1cc(-c2ccc(-c3ccc(OC(C)OCC4CO4)cc3)cc2)ccc1OC(C)OCC1CO1. The van der Waals surface area contributed by atoms with Crippen molar-refractivity contribution >= 4 is 0 Å². The normalized spacial score (nSPS) is 20.0. The molecule has 2 aliphatic heterocycles. The highest BCUT2D eigenvalue weighted by Crippen LogP contribution is 2.30. The Morgan fingerprint density at radius 3 is 1.69 bits per heavy atom. The van der Waals surface area contributed by atoms with Crippen LogP contribution < -0.4 is 9.47 Å². The van der Waals surface area contributed by atoms with Crippen LogP contribution in [0, 0.1) is 0 Å². The molecular formula is C30H34O6. The number of rotatable bonds is 13. The highest BCUT2D eigenvalue weighted by atomic mass is 16.7. The molecule has 3 aromatic carbocycles. The molecule has 36 heavy (non-hydrogen) atoms. The van der Waals surface area contributed by atoms with Gasteiger partial charge in [-0.25, -0.2) is 0 Å². The van der Waals surface area contributed by atoms with Crippen LogP contribution in [0.15, 0.2) is 66.7 Å². The molecule has 2 aliphatic rings. The molecule has 0 radical (unpaired) electrons. The van der Waals surface area contributed by atoms with Crippen LogP contribution in [0.2, 0.25) is 0 Å². The second-order valence-electron chi connectivity index (χ2n) is 9.23. The zero-order valence-corrected chi connectivity index (χ0v) is 21.1. The van der Waals surface area contributed by atoms with Crippen LogP contribution in [0.25, 0.3) is 22.3 Å². The molecule has 2 saturated heterocycles. The number of benzene rings is 3. The highest BCUT2D eigenvalue weighted by molar-refractivity contribution is 5.71. The first-order valence-corrected chi connectivity index (χ1v) is 12.7. The largest absolute Gasteiger partial charge is 0.465 e. The minimum Gasteiger partial charge on any atom is -0.465 e. The summed E-state index contributed by atoms with van der Waals surface area (Å²) in [6, 6.07) is 23.1. The topological polar surface area (TPSA) is 62.0 Å². The van der Waals surface area contributed by atoms with E-state index in [4.69, 9.17) is 28.4 Å². The number of aryl methyl sites for hydroxylation is 1. The van der Waals surface area contributed by atoms with Crippen molar-refractivity contribution in [2.45, 2.75) is 52.0 Å². The Morgan fingerprint density at radius 2 is 1.17 bits per heavy atom. The van der Waals surface area contributed by atoms with Crippen LogP contribution in [0.4, 0.5) is 0 Å². The summed E-state index contributed by atoms with van der Waals surface area (Å²) in [5, 5.41) is 0. The fraction of sp³-hybridized carbons (Fsp3) is 0.400. The van der Waals surface area contributed by atoms with E-state index in [2.05, 4.69) is 55.5 Å². The summed E-state index contributed by atoms with van der Waals surface area (Å²) < 4.78 is 33.6. The van der Waals surface area contributed by atoms with Crippen LogP contribution in [0.3, 0.4) is 0 Å². The molecule has 2 heterocycles. The van der Waals surface area contributed by atoms with Crippen molar-refractivity contribution < 1.29 is 28.4 Å². The third kappa shape index (κ3) is 6.86.